The first kappa shape index (κ1) is 9.55. The first-order valence-electron chi connectivity index (χ1n) is 2.80. The molecular formula is C7H7FO3. The third-order valence-corrected chi connectivity index (χ3v) is 0.890. The van der Waals surface area contributed by atoms with Gasteiger partial charge in [0.1, 0.15) is 6.29 Å². The van der Waals surface area contributed by atoms with Crippen molar-refractivity contribution in [3.8, 4) is 0 Å². The Labute approximate surface area is 62.8 Å². The van der Waals surface area contributed by atoms with Crippen molar-refractivity contribution in [1.29, 1.82) is 0 Å². The van der Waals surface area contributed by atoms with E-state index < -0.39 is 11.8 Å². The zero-order chi connectivity index (χ0) is 8.85. The van der Waals surface area contributed by atoms with Gasteiger partial charge in [0.15, 0.2) is 0 Å². The summed E-state index contributed by atoms with van der Waals surface area (Å²) in [7, 11) is 0. The summed E-state index contributed by atoms with van der Waals surface area (Å²) in [6, 6.07) is 0. The summed E-state index contributed by atoms with van der Waals surface area (Å²) in [5.74, 6) is -2.91. The fourth-order valence-corrected chi connectivity index (χ4v) is 0.417. The van der Waals surface area contributed by atoms with Crippen LogP contribution in [0.1, 0.15) is 6.92 Å². The molecule has 0 amide bonds. The molecule has 0 saturated carbocycles. The van der Waals surface area contributed by atoms with Crippen LogP contribution in [0.3, 0.4) is 0 Å². The van der Waals surface area contributed by atoms with E-state index in [9.17, 15) is 14.0 Å². The topological polar surface area (TPSA) is 54.4 Å². The van der Waals surface area contributed by atoms with Crippen LogP contribution in [-0.2, 0) is 9.59 Å². The quantitative estimate of drug-likeness (QED) is 0.379. The number of carbonyl (C=O) groups excluding carboxylic acids is 1. The first-order chi connectivity index (χ1) is 5.07. The number of aldehydes is 1. The molecule has 11 heavy (non-hydrogen) atoms. The highest BCUT2D eigenvalue weighted by Gasteiger charge is 2.03. The molecule has 0 aromatic carbocycles. The molecule has 0 aromatic heterocycles. The van der Waals surface area contributed by atoms with E-state index in [4.69, 9.17) is 5.11 Å². The highest BCUT2D eigenvalue weighted by atomic mass is 19.1. The number of aliphatic carboxylic acids is 1. The summed E-state index contributed by atoms with van der Waals surface area (Å²) in [5.41, 5.74) is 0.264. The van der Waals surface area contributed by atoms with E-state index in [0.717, 1.165) is 12.2 Å². The average Bonchev–Trinajstić information content (AvgIpc) is 1.87. The maximum atomic E-state index is 12.2. The molecular weight excluding hydrogens is 151 g/mol. The van der Waals surface area contributed by atoms with Crippen LogP contribution >= 0.6 is 0 Å². The van der Waals surface area contributed by atoms with Gasteiger partial charge < -0.3 is 5.11 Å². The van der Waals surface area contributed by atoms with Crippen molar-refractivity contribution < 1.29 is 19.1 Å². The maximum Gasteiger partial charge on any atom is 0.364 e. The summed E-state index contributed by atoms with van der Waals surface area (Å²) in [6.07, 6.45) is 2.31. The van der Waals surface area contributed by atoms with Gasteiger partial charge in [0.2, 0.25) is 5.83 Å². The molecule has 0 radical (unpaired) electrons. The van der Waals surface area contributed by atoms with Crippen LogP contribution < -0.4 is 0 Å². The van der Waals surface area contributed by atoms with Crippen LogP contribution in [0.25, 0.3) is 0 Å². The lowest BCUT2D eigenvalue weighted by atomic mass is 10.2. The number of allylic oxidation sites excluding steroid dienone is 3. The Morgan fingerprint density at radius 3 is 2.45 bits per heavy atom. The number of hydrogen-bond donors (Lipinski definition) is 1. The minimum Gasteiger partial charge on any atom is -0.476 e. The largest absolute Gasteiger partial charge is 0.476 e. The number of rotatable bonds is 3. The minimum absolute atomic E-state index is 0.264. The lowest BCUT2D eigenvalue weighted by molar-refractivity contribution is -0.134. The van der Waals surface area contributed by atoms with Crippen molar-refractivity contribution >= 4 is 12.3 Å². The second kappa shape index (κ2) is 4.38. The number of halogens is 1. The predicted molar refractivity (Wildman–Crippen MR) is 36.6 cm³/mol. The van der Waals surface area contributed by atoms with Gasteiger partial charge in [0, 0.05) is 0 Å². The van der Waals surface area contributed by atoms with Crippen molar-refractivity contribution in [3.05, 3.63) is 23.6 Å². The molecule has 0 fully saturated rings. The molecule has 0 aliphatic rings. The number of hydrogen-bond acceptors (Lipinski definition) is 2. The van der Waals surface area contributed by atoms with Gasteiger partial charge in [-0.2, -0.15) is 4.39 Å². The second-order valence-electron chi connectivity index (χ2n) is 1.84. The van der Waals surface area contributed by atoms with E-state index in [1.54, 1.807) is 0 Å². The summed E-state index contributed by atoms with van der Waals surface area (Å²) < 4.78 is 12.2. The minimum atomic E-state index is -1.64. The highest BCUT2D eigenvalue weighted by Crippen LogP contribution is 2.02. The number of carbonyl (C=O) groups is 2. The van der Waals surface area contributed by atoms with E-state index in [2.05, 4.69) is 0 Å². The fourth-order valence-electron chi connectivity index (χ4n) is 0.417. The van der Waals surface area contributed by atoms with Gasteiger partial charge in [-0.1, -0.05) is 0 Å². The van der Waals surface area contributed by atoms with Crippen LogP contribution in [0.15, 0.2) is 23.6 Å². The first-order valence-corrected chi connectivity index (χ1v) is 2.80. The Morgan fingerprint density at radius 1 is 1.55 bits per heavy atom. The molecule has 0 bridgehead atoms. The van der Waals surface area contributed by atoms with Crippen LogP contribution in [0.5, 0.6) is 0 Å². The van der Waals surface area contributed by atoms with Crippen molar-refractivity contribution in [3.63, 3.8) is 0 Å². The molecule has 3 nitrogen and oxygen atoms in total. The molecule has 0 saturated heterocycles. The van der Waals surface area contributed by atoms with Crippen molar-refractivity contribution in [2.24, 2.45) is 0 Å². The summed E-state index contributed by atoms with van der Waals surface area (Å²) in [6.45, 7) is 1.43. The van der Waals surface area contributed by atoms with E-state index in [-0.39, 0.29) is 5.57 Å². The summed E-state index contributed by atoms with van der Waals surface area (Å²) in [5, 5.41) is 8.04. The van der Waals surface area contributed by atoms with Crippen LogP contribution in [-0.4, -0.2) is 17.4 Å². The molecule has 0 heterocycles. The van der Waals surface area contributed by atoms with Crippen LogP contribution in [0.4, 0.5) is 4.39 Å². The maximum absolute atomic E-state index is 12.2. The SMILES string of the molecule is CC(/C=C(\F)C(=O)O)=C\C=O. The smallest absolute Gasteiger partial charge is 0.364 e. The molecule has 0 unspecified atom stereocenters. The third-order valence-electron chi connectivity index (χ3n) is 0.890. The Balaban J connectivity index is 4.42. The normalized spacial score (nSPS) is 12.9. The molecule has 0 rings (SSSR count). The molecule has 0 spiro atoms. The van der Waals surface area contributed by atoms with Crippen molar-refractivity contribution in [2.75, 3.05) is 0 Å². The van der Waals surface area contributed by atoms with Gasteiger partial charge in [0.25, 0.3) is 0 Å². The van der Waals surface area contributed by atoms with Gasteiger partial charge in [-0.15, -0.1) is 0 Å². The molecule has 4 heteroatoms. The Morgan fingerprint density at radius 2 is 2.09 bits per heavy atom. The zero-order valence-electron chi connectivity index (χ0n) is 5.87. The van der Waals surface area contributed by atoms with Crippen LogP contribution in [0.2, 0.25) is 0 Å². The van der Waals surface area contributed by atoms with Gasteiger partial charge in [-0.3, -0.25) is 4.79 Å². The van der Waals surface area contributed by atoms with E-state index in [1.165, 1.54) is 6.92 Å². The van der Waals surface area contributed by atoms with Crippen molar-refractivity contribution in [1.82, 2.24) is 0 Å². The third kappa shape index (κ3) is 4.02. The average molecular weight is 158 g/mol. The molecule has 0 aliphatic carbocycles. The van der Waals surface area contributed by atoms with Crippen LogP contribution in [0, 0.1) is 0 Å². The van der Waals surface area contributed by atoms with Gasteiger partial charge in [-0.25, -0.2) is 4.79 Å². The molecule has 0 aliphatic heterocycles. The highest BCUT2D eigenvalue weighted by molar-refractivity contribution is 5.84. The lowest BCUT2D eigenvalue weighted by Crippen LogP contribution is -1.94. The summed E-state index contributed by atoms with van der Waals surface area (Å²) in [4.78, 5) is 19.7. The fraction of sp³-hybridized carbons (Fsp3) is 0.143. The Hall–Kier alpha value is -1.45. The monoisotopic (exact) mass is 158 g/mol. The Bertz CT molecular complexity index is 228. The van der Waals surface area contributed by atoms with Gasteiger partial charge in [0.05, 0.1) is 0 Å². The second-order valence-corrected chi connectivity index (χ2v) is 1.84. The number of carboxylic acids is 1. The van der Waals surface area contributed by atoms with Gasteiger partial charge >= 0.3 is 5.97 Å². The lowest BCUT2D eigenvalue weighted by Gasteiger charge is -1.88. The molecule has 0 aromatic rings. The van der Waals surface area contributed by atoms with E-state index >= 15 is 0 Å². The predicted octanol–water partition coefficient (Wildman–Crippen LogP) is 1.07. The molecule has 1 N–H and O–H groups in total. The standard InChI is InChI=1S/C7H7FO3/c1-5(2-3-9)4-6(8)7(10)11/h2-4H,1H3,(H,10,11)/b5-2+,6-4-. The Kier molecular flexibility index (Phi) is 3.80. The molecule has 60 valence electrons. The molecule has 0 atom stereocenters. The van der Waals surface area contributed by atoms with E-state index in [1.807, 2.05) is 0 Å². The zero-order valence-corrected chi connectivity index (χ0v) is 5.87. The van der Waals surface area contributed by atoms with E-state index in [0.29, 0.717) is 6.29 Å². The number of carboxylic acid groups (broad SMARTS) is 1. The summed E-state index contributed by atoms with van der Waals surface area (Å²) >= 11 is 0. The van der Waals surface area contributed by atoms with Crippen molar-refractivity contribution in [2.45, 2.75) is 6.92 Å². The van der Waals surface area contributed by atoms with Gasteiger partial charge in [-0.05, 0) is 24.6 Å².